The van der Waals surface area contributed by atoms with Crippen molar-refractivity contribution in [3.63, 3.8) is 0 Å². The van der Waals surface area contributed by atoms with E-state index in [1.807, 2.05) is 20.8 Å². The van der Waals surface area contributed by atoms with Gasteiger partial charge in [-0.25, -0.2) is 0 Å². The van der Waals surface area contributed by atoms with Gasteiger partial charge in [-0.1, -0.05) is 20.8 Å². The molecule has 0 heterocycles. The monoisotopic (exact) mass is 272 g/mol. The molecule has 0 saturated heterocycles. The molecule has 0 aromatic heterocycles. The van der Waals surface area contributed by atoms with Gasteiger partial charge in [0.2, 0.25) is 0 Å². The van der Waals surface area contributed by atoms with E-state index in [0.29, 0.717) is 19.4 Å². The number of hydrogen-bond acceptors (Lipinski definition) is 4. The average Bonchev–Trinajstić information content (AvgIpc) is 2.32. The van der Waals surface area contributed by atoms with Crippen LogP contribution >= 0.6 is 0 Å². The Morgan fingerprint density at radius 3 is 2.26 bits per heavy atom. The van der Waals surface area contributed by atoms with Gasteiger partial charge in [0.05, 0.1) is 6.61 Å². The van der Waals surface area contributed by atoms with Gasteiger partial charge in [0.15, 0.2) is 0 Å². The van der Waals surface area contributed by atoms with E-state index in [0.717, 1.165) is 6.42 Å². The molecule has 110 valence electrons. The second-order valence-electron chi connectivity index (χ2n) is 5.24. The van der Waals surface area contributed by atoms with Crippen LogP contribution in [0, 0.1) is 5.41 Å². The lowest BCUT2D eigenvalue weighted by Crippen LogP contribution is -2.23. The average molecular weight is 272 g/mol. The molecule has 0 aromatic carbocycles. The van der Waals surface area contributed by atoms with Crippen LogP contribution in [0.5, 0.6) is 0 Å². The minimum atomic E-state index is -1.11. The topological polar surface area (TPSA) is 80.7 Å². The largest absolute Gasteiger partial charge is 0.481 e. The maximum Gasteiger partial charge on any atom is 0.310 e. The Kier molecular flexibility index (Phi) is 8.23. The molecular weight excluding hydrogens is 248 g/mol. The van der Waals surface area contributed by atoms with Crippen LogP contribution in [-0.2, 0) is 19.1 Å². The molecule has 0 aromatic rings. The number of rotatable bonds is 11. The summed E-state index contributed by atoms with van der Waals surface area (Å²) >= 11 is 0. The fourth-order valence-electron chi connectivity index (χ4n) is 1.42. The quantitative estimate of drug-likeness (QED) is 0.461. The predicted octanol–water partition coefficient (Wildman–Crippen LogP) is 2.22. The Balaban J connectivity index is 3.59. The molecule has 0 fully saturated rings. The summed E-state index contributed by atoms with van der Waals surface area (Å²) in [5, 5.41) is 8.39. The normalized spacial score (nSPS) is 11.3. The number of carboxylic acid groups (broad SMARTS) is 1. The maximum atomic E-state index is 11.8. The third kappa shape index (κ3) is 8.48. The summed E-state index contributed by atoms with van der Waals surface area (Å²) < 4.78 is 5.22. The van der Waals surface area contributed by atoms with Crippen LogP contribution in [0.4, 0.5) is 0 Å². The van der Waals surface area contributed by atoms with Crippen molar-refractivity contribution in [2.45, 2.75) is 52.9 Å². The molecule has 0 amide bonds. The molecule has 0 aliphatic heterocycles. The van der Waals surface area contributed by atoms with Crippen LogP contribution in [0.1, 0.15) is 52.9 Å². The van der Waals surface area contributed by atoms with Gasteiger partial charge in [-0.3, -0.25) is 14.4 Å². The Morgan fingerprint density at radius 1 is 1.11 bits per heavy atom. The Morgan fingerprint density at radius 2 is 1.74 bits per heavy atom. The van der Waals surface area contributed by atoms with E-state index in [-0.39, 0.29) is 30.0 Å². The highest BCUT2D eigenvalue weighted by Gasteiger charge is 2.23. The minimum absolute atomic E-state index is 0.112. The lowest BCUT2D eigenvalue weighted by molar-refractivity contribution is -0.140. The SMILES string of the molecule is CCC(C)(C)C(=O)CCCOCCC(=O)CC(=O)O. The summed E-state index contributed by atoms with van der Waals surface area (Å²) in [6.45, 7) is 6.49. The van der Waals surface area contributed by atoms with E-state index >= 15 is 0 Å². The van der Waals surface area contributed by atoms with Gasteiger partial charge in [-0.15, -0.1) is 0 Å². The first-order chi connectivity index (χ1) is 8.79. The van der Waals surface area contributed by atoms with Gasteiger partial charge in [0.25, 0.3) is 0 Å². The third-order valence-electron chi connectivity index (χ3n) is 3.20. The van der Waals surface area contributed by atoms with Crippen molar-refractivity contribution in [1.29, 1.82) is 0 Å². The zero-order valence-electron chi connectivity index (χ0n) is 12.0. The first-order valence-electron chi connectivity index (χ1n) is 6.64. The van der Waals surface area contributed by atoms with Gasteiger partial charge < -0.3 is 9.84 Å². The van der Waals surface area contributed by atoms with E-state index in [4.69, 9.17) is 9.84 Å². The second kappa shape index (κ2) is 8.80. The fourth-order valence-corrected chi connectivity index (χ4v) is 1.42. The number of hydrogen-bond donors (Lipinski definition) is 1. The third-order valence-corrected chi connectivity index (χ3v) is 3.20. The van der Waals surface area contributed by atoms with Crippen molar-refractivity contribution in [3.05, 3.63) is 0 Å². The number of carbonyl (C=O) groups is 3. The number of ketones is 2. The Labute approximate surface area is 114 Å². The predicted molar refractivity (Wildman–Crippen MR) is 71.0 cm³/mol. The van der Waals surface area contributed by atoms with E-state index in [2.05, 4.69) is 0 Å². The van der Waals surface area contributed by atoms with Crippen LogP contribution in [-0.4, -0.2) is 35.9 Å². The summed E-state index contributed by atoms with van der Waals surface area (Å²) in [4.78, 5) is 33.1. The summed E-state index contributed by atoms with van der Waals surface area (Å²) in [7, 11) is 0. The van der Waals surface area contributed by atoms with Gasteiger partial charge in [0.1, 0.15) is 18.0 Å². The molecule has 0 bridgehead atoms. The van der Waals surface area contributed by atoms with E-state index < -0.39 is 12.4 Å². The zero-order chi connectivity index (χ0) is 14.9. The van der Waals surface area contributed by atoms with Gasteiger partial charge in [0, 0.05) is 24.9 Å². The van der Waals surface area contributed by atoms with Crippen LogP contribution in [0.3, 0.4) is 0 Å². The van der Waals surface area contributed by atoms with Crippen molar-refractivity contribution >= 4 is 17.5 Å². The van der Waals surface area contributed by atoms with Crippen LogP contribution < -0.4 is 0 Å². The standard InChI is InChI=1S/C14H24O5/c1-4-14(2,3)12(16)6-5-8-19-9-7-11(15)10-13(17)18/h4-10H2,1-3H3,(H,17,18). The Bertz CT molecular complexity index is 320. The number of aliphatic carboxylic acids is 1. The summed E-state index contributed by atoms with van der Waals surface area (Å²) in [6, 6.07) is 0. The molecule has 19 heavy (non-hydrogen) atoms. The first kappa shape index (κ1) is 17.8. The molecule has 0 radical (unpaired) electrons. The Hall–Kier alpha value is -1.23. The highest BCUT2D eigenvalue weighted by molar-refractivity contribution is 5.94. The molecule has 0 rings (SSSR count). The van der Waals surface area contributed by atoms with Crippen molar-refractivity contribution in [2.75, 3.05) is 13.2 Å². The van der Waals surface area contributed by atoms with Crippen molar-refractivity contribution < 1.29 is 24.2 Å². The smallest absolute Gasteiger partial charge is 0.310 e. The van der Waals surface area contributed by atoms with Crippen molar-refractivity contribution in [3.8, 4) is 0 Å². The van der Waals surface area contributed by atoms with Crippen LogP contribution in [0.15, 0.2) is 0 Å². The van der Waals surface area contributed by atoms with Gasteiger partial charge >= 0.3 is 5.97 Å². The highest BCUT2D eigenvalue weighted by atomic mass is 16.5. The molecule has 5 heteroatoms. The van der Waals surface area contributed by atoms with Crippen molar-refractivity contribution in [2.24, 2.45) is 5.41 Å². The summed E-state index contributed by atoms with van der Waals surface area (Å²) in [6.07, 6.45) is 1.59. The highest BCUT2D eigenvalue weighted by Crippen LogP contribution is 2.23. The lowest BCUT2D eigenvalue weighted by Gasteiger charge is -2.20. The van der Waals surface area contributed by atoms with Crippen LogP contribution in [0.2, 0.25) is 0 Å². The molecule has 0 spiro atoms. The van der Waals surface area contributed by atoms with E-state index in [1.165, 1.54) is 0 Å². The molecule has 5 nitrogen and oxygen atoms in total. The number of carbonyl (C=O) groups excluding carboxylic acids is 2. The molecule has 0 atom stereocenters. The molecule has 0 aliphatic carbocycles. The van der Waals surface area contributed by atoms with E-state index in [1.54, 1.807) is 0 Å². The van der Waals surface area contributed by atoms with Crippen molar-refractivity contribution in [1.82, 2.24) is 0 Å². The number of ether oxygens (including phenoxy) is 1. The molecule has 1 N–H and O–H groups in total. The number of carboxylic acids is 1. The van der Waals surface area contributed by atoms with Gasteiger partial charge in [-0.05, 0) is 12.8 Å². The zero-order valence-corrected chi connectivity index (χ0v) is 12.0. The maximum absolute atomic E-state index is 11.8. The fraction of sp³-hybridized carbons (Fsp3) is 0.786. The summed E-state index contributed by atoms with van der Waals surface area (Å²) in [5.74, 6) is -1.23. The summed E-state index contributed by atoms with van der Waals surface area (Å²) in [5.41, 5.74) is -0.280. The first-order valence-corrected chi connectivity index (χ1v) is 6.64. The molecule has 0 saturated carbocycles. The molecule has 0 aliphatic rings. The number of Topliss-reactive ketones (excluding diaryl/α,β-unsaturated/α-hetero) is 2. The van der Waals surface area contributed by atoms with E-state index in [9.17, 15) is 14.4 Å². The minimum Gasteiger partial charge on any atom is -0.481 e. The van der Waals surface area contributed by atoms with Crippen LogP contribution in [0.25, 0.3) is 0 Å². The lowest BCUT2D eigenvalue weighted by atomic mass is 9.83. The molecular formula is C14H24O5. The second-order valence-corrected chi connectivity index (χ2v) is 5.24. The van der Waals surface area contributed by atoms with Gasteiger partial charge in [-0.2, -0.15) is 0 Å². The molecule has 0 unspecified atom stereocenters.